The second kappa shape index (κ2) is 6.25. The van der Waals surface area contributed by atoms with Gasteiger partial charge in [0.05, 0.1) is 16.1 Å². The molecule has 128 valence electrons. The molecule has 0 atom stereocenters. The maximum absolute atomic E-state index is 12.9. The number of benzene rings is 2. The van der Waals surface area contributed by atoms with E-state index in [-0.39, 0.29) is 11.3 Å². The summed E-state index contributed by atoms with van der Waals surface area (Å²) in [5.74, 6) is -0.697. The molecule has 1 aromatic heterocycles. The molecule has 0 spiro atoms. The molecule has 8 heteroatoms. The van der Waals surface area contributed by atoms with Crippen molar-refractivity contribution >= 4 is 34.1 Å². The van der Waals surface area contributed by atoms with Gasteiger partial charge in [0.2, 0.25) is 5.56 Å². The fraction of sp³-hybridized carbons (Fsp3) is 0.0588. The molecule has 3 aromatic rings. The average Bonchev–Trinajstić information content (AvgIpc) is 2.54. The average molecular weight is 367 g/mol. The van der Waals surface area contributed by atoms with Crippen molar-refractivity contribution in [3.05, 3.63) is 75.0 Å². The lowest BCUT2D eigenvalue weighted by Crippen LogP contribution is -2.17. The fourth-order valence-electron chi connectivity index (χ4n) is 2.41. The standard InChI is InChI=1S/C17H10ClF3N2O2/c18-13-6-5-9(7-12(13)17(19,20)21)22-16(25)11-8-15(24)23-14-4-2-1-3-10(11)14/h1-8H,(H,22,25)(H,23,24). The normalized spacial score (nSPS) is 11.5. The number of H-pyrrole nitrogens is 1. The third-order valence-electron chi connectivity index (χ3n) is 3.52. The summed E-state index contributed by atoms with van der Waals surface area (Å²) in [5.41, 5.74) is -1.11. The molecule has 2 aromatic carbocycles. The Balaban J connectivity index is 2.00. The monoisotopic (exact) mass is 366 g/mol. The van der Waals surface area contributed by atoms with Gasteiger partial charge in [-0.2, -0.15) is 13.2 Å². The molecule has 25 heavy (non-hydrogen) atoms. The number of hydrogen-bond acceptors (Lipinski definition) is 2. The molecule has 0 aliphatic rings. The third kappa shape index (κ3) is 3.51. The SMILES string of the molecule is O=C(Nc1ccc(Cl)c(C(F)(F)F)c1)c1cc(=O)[nH]c2ccccc12. The number of aromatic nitrogens is 1. The Hall–Kier alpha value is -2.80. The van der Waals surface area contributed by atoms with Gasteiger partial charge in [-0.25, -0.2) is 0 Å². The first-order valence-corrected chi connectivity index (χ1v) is 7.43. The molecule has 1 heterocycles. The molecule has 0 unspecified atom stereocenters. The molecule has 1 amide bonds. The molecule has 2 N–H and O–H groups in total. The van der Waals surface area contributed by atoms with Crippen LogP contribution in [0.5, 0.6) is 0 Å². The number of aromatic amines is 1. The summed E-state index contributed by atoms with van der Waals surface area (Å²) >= 11 is 5.56. The van der Waals surface area contributed by atoms with Crippen LogP contribution in [0.15, 0.2) is 53.3 Å². The van der Waals surface area contributed by atoms with Crippen LogP contribution in [0, 0.1) is 0 Å². The number of alkyl halides is 3. The van der Waals surface area contributed by atoms with Crippen LogP contribution in [-0.2, 0) is 6.18 Å². The van der Waals surface area contributed by atoms with Crippen molar-refractivity contribution < 1.29 is 18.0 Å². The highest BCUT2D eigenvalue weighted by Gasteiger charge is 2.33. The van der Waals surface area contributed by atoms with Gasteiger partial charge in [0.25, 0.3) is 5.91 Å². The van der Waals surface area contributed by atoms with E-state index in [9.17, 15) is 22.8 Å². The number of para-hydroxylation sites is 1. The van der Waals surface area contributed by atoms with E-state index in [2.05, 4.69) is 10.3 Å². The van der Waals surface area contributed by atoms with E-state index in [1.807, 2.05) is 0 Å². The number of nitrogens with one attached hydrogen (secondary N) is 2. The number of carbonyl (C=O) groups is 1. The number of hydrogen-bond donors (Lipinski definition) is 2. The van der Waals surface area contributed by atoms with E-state index in [0.717, 1.165) is 18.2 Å². The van der Waals surface area contributed by atoms with Gasteiger partial charge in [-0.3, -0.25) is 9.59 Å². The zero-order valence-electron chi connectivity index (χ0n) is 12.4. The van der Waals surface area contributed by atoms with Crippen LogP contribution in [0.1, 0.15) is 15.9 Å². The van der Waals surface area contributed by atoms with Crippen molar-refractivity contribution in [2.45, 2.75) is 6.18 Å². The van der Waals surface area contributed by atoms with Gasteiger partial charge in [0, 0.05) is 22.7 Å². The van der Waals surface area contributed by atoms with E-state index in [0.29, 0.717) is 10.9 Å². The summed E-state index contributed by atoms with van der Waals surface area (Å²) in [4.78, 5) is 26.7. The predicted molar refractivity (Wildman–Crippen MR) is 89.0 cm³/mol. The summed E-state index contributed by atoms with van der Waals surface area (Å²) in [6.45, 7) is 0. The summed E-state index contributed by atoms with van der Waals surface area (Å²) in [6.07, 6.45) is -4.64. The van der Waals surface area contributed by atoms with Crippen LogP contribution in [0.4, 0.5) is 18.9 Å². The summed E-state index contributed by atoms with van der Waals surface area (Å²) in [7, 11) is 0. The third-order valence-corrected chi connectivity index (χ3v) is 3.85. The first-order chi connectivity index (χ1) is 11.8. The minimum atomic E-state index is -4.64. The van der Waals surface area contributed by atoms with E-state index >= 15 is 0 Å². The Bertz CT molecular complexity index is 1030. The first kappa shape index (κ1) is 17.0. The van der Waals surface area contributed by atoms with Crippen molar-refractivity contribution in [1.82, 2.24) is 4.98 Å². The van der Waals surface area contributed by atoms with Crippen molar-refractivity contribution in [1.29, 1.82) is 0 Å². The molecule has 4 nitrogen and oxygen atoms in total. The largest absolute Gasteiger partial charge is 0.417 e. The molecule has 0 fully saturated rings. The van der Waals surface area contributed by atoms with Crippen molar-refractivity contribution in [3.8, 4) is 0 Å². The lowest BCUT2D eigenvalue weighted by molar-refractivity contribution is -0.137. The maximum Gasteiger partial charge on any atom is 0.417 e. The predicted octanol–water partition coefficient (Wildman–Crippen LogP) is 4.45. The minimum Gasteiger partial charge on any atom is -0.322 e. The number of pyridine rings is 1. The Morgan fingerprint density at radius 3 is 2.52 bits per heavy atom. The Morgan fingerprint density at radius 2 is 1.80 bits per heavy atom. The van der Waals surface area contributed by atoms with Crippen molar-refractivity contribution in [2.75, 3.05) is 5.32 Å². The van der Waals surface area contributed by atoms with Gasteiger partial charge >= 0.3 is 6.18 Å². The summed E-state index contributed by atoms with van der Waals surface area (Å²) < 4.78 is 38.7. The highest BCUT2D eigenvalue weighted by atomic mass is 35.5. The second-order valence-electron chi connectivity index (χ2n) is 5.24. The Labute approximate surface area is 144 Å². The molecule has 0 saturated carbocycles. The first-order valence-electron chi connectivity index (χ1n) is 7.06. The van der Waals surface area contributed by atoms with Crippen LogP contribution in [0.2, 0.25) is 5.02 Å². The highest BCUT2D eigenvalue weighted by molar-refractivity contribution is 6.31. The molecule has 0 aliphatic heterocycles. The fourth-order valence-corrected chi connectivity index (χ4v) is 2.64. The molecule has 0 saturated heterocycles. The van der Waals surface area contributed by atoms with Gasteiger partial charge < -0.3 is 10.3 Å². The van der Waals surface area contributed by atoms with E-state index in [1.165, 1.54) is 6.07 Å². The summed E-state index contributed by atoms with van der Waals surface area (Å²) in [5, 5.41) is 2.38. The topological polar surface area (TPSA) is 62.0 Å². The highest BCUT2D eigenvalue weighted by Crippen LogP contribution is 2.36. The number of anilines is 1. The maximum atomic E-state index is 12.9. The molecule has 0 aliphatic carbocycles. The quantitative estimate of drug-likeness (QED) is 0.703. The number of amides is 1. The van der Waals surface area contributed by atoms with E-state index in [1.54, 1.807) is 24.3 Å². The lowest BCUT2D eigenvalue weighted by atomic mass is 10.1. The van der Waals surface area contributed by atoms with Gasteiger partial charge in [0.15, 0.2) is 0 Å². The smallest absolute Gasteiger partial charge is 0.322 e. The minimum absolute atomic E-state index is 0.0582. The number of carbonyl (C=O) groups excluding carboxylic acids is 1. The molecular weight excluding hydrogens is 357 g/mol. The Kier molecular flexibility index (Phi) is 4.26. The van der Waals surface area contributed by atoms with Crippen LogP contribution in [0.25, 0.3) is 10.9 Å². The van der Waals surface area contributed by atoms with E-state index < -0.39 is 28.2 Å². The molecular formula is C17H10ClF3N2O2. The van der Waals surface area contributed by atoms with Gasteiger partial charge in [0.1, 0.15) is 0 Å². The lowest BCUT2D eigenvalue weighted by Gasteiger charge is -2.12. The second-order valence-corrected chi connectivity index (χ2v) is 5.65. The van der Waals surface area contributed by atoms with Crippen LogP contribution < -0.4 is 10.9 Å². The Morgan fingerprint density at radius 1 is 1.08 bits per heavy atom. The van der Waals surface area contributed by atoms with Crippen LogP contribution in [0.3, 0.4) is 0 Å². The zero-order chi connectivity index (χ0) is 18.2. The van der Waals surface area contributed by atoms with Gasteiger partial charge in [-0.15, -0.1) is 0 Å². The van der Waals surface area contributed by atoms with E-state index in [4.69, 9.17) is 11.6 Å². The van der Waals surface area contributed by atoms with Crippen LogP contribution >= 0.6 is 11.6 Å². The van der Waals surface area contributed by atoms with Gasteiger partial charge in [-0.05, 0) is 24.3 Å². The van der Waals surface area contributed by atoms with Crippen LogP contribution in [-0.4, -0.2) is 10.9 Å². The van der Waals surface area contributed by atoms with Crippen molar-refractivity contribution in [2.24, 2.45) is 0 Å². The molecule has 0 radical (unpaired) electrons. The molecule has 3 rings (SSSR count). The number of fused-ring (bicyclic) bond motifs is 1. The number of halogens is 4. The summed E-state index contributed by atoms with van der Waals surface area (Å²) in [6, 6.07) is 10.8. The van der Waals surface area contributed by atoms with Gasteiger partial charge in [-0.1, -0.05) is 29.8 Å². The van der Waals surface area contributed by atoms with Crippen molar-refractivity contribution in [3.63, 3.8) is 0 Å². The zero-order valence-corrected chi connectivity index (χ0v) is 13.2. The molecule has 0 bridgehead atoms. The number of rotatable bonds is 2.